The smallest absolute Gasteiger partial charge is 0.0590 e. The number of allylic oxidation sites excluding steroid dienone is 9. The average Bonchev–Trinajstić information content (AvgIpc) is 2.98. The van der Waals surface area contributed by atoms with E-state index < -0.39 is 0 Å². The van der Waals surface area contributed by atoms with Crippen molar-refractivity contribution in [1.29, 1.82) is 0 Å². The number of rotatable bonds is 9. The lowest BCUT2D eigenvalue weighted by Crippen LogP contribution is -2.46. The van der Waals surface area contributed by atoms with E-state index in [0.717, 1.165) is 38.0 Å². The number of aryl methyl sites for hydroxylation is 1. The molecule has 3 heteroatoms. The fourth-order valence-electron chi connectivity index (χ4n) is 7.35. The number of nitrogens with zero attached hydrogens (tertiary/aromatic N) is 1. The van der Waals surface area contributed by atoms with Crippen molar-refractivity contribution >= 4 is 11.8 Å². The molecular weight excluding hydrogens is 474 g/mol. The molecule has 0 fully saturated rings. The molecule has 0 amide bonds. The lowest BCUT2D eigenvalue weighted by atomic mass is 9.74. The van der Waals surface area contributed by atoms with Gasteiger partial charge in [0.05, 0.1) is 6.04 Å². The first kappa shape index (κ1) is 27.9. The Morgan fingerprint density at radius 1 is 1.03 bits per heavy atom. The minimum absolute atomic E-state index is 0.223. The first-order valence-corrected chi connectivity index (χ1v) is 15.5. The highest BCUT2D eigenvalue weighted by Gasteiger charge is 2.31. The van der Waals surface area contributed by atoms with Gasteiger partial charge in [0, 0.05) is 24.0 Å². The Hall–Kier alpha value is -2.62. The monoisotopic (exact) mass is 523 g/mol. The summed E-state index contributed by atoms with van der Waals surface area (Å²) in [6.07, 6.45) is 32.9. The number of nitrogens with two attached hydrogens (primary N) is 1. The van der Waals surface area contributed by atoms with E-state index >= 15 is 0 Å². The van der Waals surface area contributed by atoms with Crippen LogP contribution in [0.15, 0.2) is 77.5 Å². The van der Waals surface area contributed by atoms with Crippen molar-refractivity contribution in [3.8, 4) is 0 Å². The third-order valence-electron chi connectivity index (χ3n) is 9.48. The molecule has 0 aromatic heterocycles. The quantitative estimate of drug-likeness (QED) is 0.194. The maximum Gasteiger partial charge on any atom is 0.0590 e. The van der Waals surface area contributed by atoms with Crippen LogP contribution in [-0.4, -0.2) is 24.7 Å². The van der Waals surface area contributed by atoms with Crippen LogP contribution in [0.2, 0.25) is 0 Å². The molecule has 1 aromatic carbocycles. The Morgan fingerprint density at radius 2 is 1.87 bits per heavy atom. The first-order chi connectivity index (χ1) is 19.1. The van der Waals surface area contributed by atoms with Crippen molar-refractivity contribution in [2.24, 2.45) is 11.8 Å². The summed E-state index contributed by atoms with van der Waals surface area (Å²) in [5, 5.41) is 4.04. The molecule has 3 N–H and O–H groups in total. The van der Waals surface area contributed by atoms with Gasteiger partial charge in [-0.05, 0) is 107 Å². The molecule has 4 aliphatic rings. The number of nitrogens with one attached hydrogen (secondary N) is 1. The average molecular weight is 524 g/mol. The van der Waals surface area contributed by atoms with Crippen molar-refractivity contribution in [3.63, 3.8) is 0 Å². The van der Waals surface area contributed by atoms with Gasteiger partial charge in [-0.1, -0.05) is 84.9 Å². The van der Waals surface area contributed by atoms with Gasteiger partial charge in [0.2, 0.25) is 0 Å². The fourth-order valence-corrected chi connectivity index (χ4v) is 7.35. The number of benzene rings is 1. The second kappa shape index (κ2) is 13.2. The van der Waals surface area contributed by atoms with Gasteiger partial charge in [-0.3, -0.25) is 4.90 Å². The fraction of sp³-hybridized carbons (Fsp3) is 0.500. The summed E-state index contributed by atoms with van der Waals surface area (Å²) in [6, 6.07) is 5.35. The lowest BCUT2D eigenvalue weighted by Gasteiger charge is -2.38. The first-order valence-electron chi connectivity index (χ1n) is 15.5. The van der Waals surface area contributed by atoms with E-state index in [9.17, 15) is 0 Å². The van der Waals surface area contributed by atoms with Crippen molar-refractivity contribution in [3.05, 3.63) is 94.2 Å². The van der Waals surface area contributed by atoms with Crippen LogP contribution in [0.25, 0.3) is 6.08 Å². The number of nitrogen functional groups attached to an aromatic ring is 1. The van der Waals surface area contributed by atoms with Crippen LogP contribution in [0.5, 0.6) is 0 Å². The van der Waals surface area contributed by atoms with Crippen LogP contribution in [0.1, 0.15) is 94.4 Å². The number of hydrogen-bond acceptors (Lipinski definition) is 3. The summed E-state index contributed by atoms with van der Waals surface area (Å²) in [4.78, 5) is 2.52. The van der Waals surface area contributed by atoms with Gasteiger partial charge in [-0.25, -0.2) is 0 Å². The van der Waals surface area contributed by atoms with Crippen molar-refractivity contribution in [2.45, 2.75) is 90.1 Å². The summed E-state index contributed by atoms with van der Waals surface area (Å²) in [6.45, 7) is 5.44. The summed E-state index contributed by atoms with van der Waals surface area (Å²) in [5.74, 6) is 1.04. The second-order valence-corrected chi connectivity index (χ2v) is 12.0. The van der Waals surface area contributed by atoms with E-state index in [1.807, 2.05) is 0 Å². The molecule has 4 aliphatic carbocycles. The maximum atomic E-state index is 6.92. The zero-order valence-electron chi connectivity index (χ0n) is 24.5. The van der Waals surface area contributed by atoms with E-state index in [1.54, 1.807) is 11.1 Å². The van der Waals surface area contributed by atoms with Crippen LogP contribution in [-0.2, 0) is 6.42 Å². The molecule has 0 radical (unpaired) electrons. The van der Waals surface area contributed by atoms with Gasteiger partial charge in [0.25, 0.3) is 0 Å². The minimum Gasteiger partial charge on any atom is -0.398 e. The van der Waals surface area contributed by atoms with Gasteiger partial charge in [0.1, 0.15) is 0 Å². The highest BCUT2D eigenvalue weighted by Crippen LogP contribution is 2.40. The Bertz CT molecular complexity index is 1190. The maximum absolute atomic E-state index is 6.92. The molecule has 0 aliphatic heterocycles. The van der Waals surface area contributed by atoms with Gasteiger partial charge in [0.15, 0.2) is 0 Å². The van der Waals surface area contributed by atoms with E-state index in [4.69, 9.17) is 5.73 Å². The Kier molecular flexibility index (Phi) is 9.42. The molecule has 208 valence electrons. The van der Waals surface area contributed by atoms with Crippen LogP contribution >= 0.6 is 0 Å². The number of likely N-dealkylation sites (N-methyl/N-ethyl adjacent to an activating group) is 1. The molecule has 0 bridgehead atoms. The number of anilines is 1. The van der Waals surface area contributed by atoms with E-state index in [0.29, 0.717) is 17.9 Å². The summed E-state index contributed by atoms with van der Waals surface area (Å²) in [5.41, 5.74) is 16.4. The topological polar surface area (TPSA) is 41.3 Å². The van der Waals surface area contributed by atoms with Crippen molar-refractivity contribution < 1.29 is 0 Å². The second-order valence-electron chi connectivity index (χ2n) is 12.0. The number of fused-ring (bicyclic) bond motifs is 1. The van der Waals surface area contributed by atoms with E-state index in [-0.39, 0.29) is 6.04 Å². The van der Waals surface area contributed by atoms with Gasteiger partial charge >= 0.3 is 0 Å². The molecule has 3 nitrogen and oxygen atoms in total. The van der Waals surface area contributed by atoms with Crippen LogP contribution < -0.4 is 11.1 Å². The Labute approximate surface area is 237 Å². The zero-order valence-corrected chi connectivity index (χ0v) is 24.5. The summed E-state index contributed by atoms with van der Waals surface area (Å²) < 4.78 is 0. The number of hydrogen-bond donors (Lipinski definition) is 2. The molecule has 5 rings (SSSR count). The molecule has 4 atom stereocenters. The highest BCUT2D eigenvalue weighted by molar-refractivity contribution is 5.73. The Morgan fingerprint density at radius 3 is 2.69 bits per heavy atom. The van der Waals surface area contributed by atoms with E-state index in [2.05, 4.69) is 97.9 Å². The third kappa shape index (κ3) is 6.26. The van der Waals surface area contributed by atoms with Crippen molar-refractivity contribution in [1.82, 2.24) is 10.2 Å². The van der Waals surface area contributed by atoms with Crippen LogP contribution in [0.4, 0.5) is 5.69 Å². The molecule has 1 aromatic rings. The lowest BCUT2D eigenvalue weighted by molar-refractivity contribution is 0.207. The summed E-state index contributed by atoms with van der Waals surface area (Å²) >= 11 is 0. The van der Waals surface area contributed by atoms with Gasteiger partial charge < -0.3 is 11.1 Å². The standard InChI is InChI=1S/C36H49N3/c1-4-14-27-15-8-10-19-30(27)26(2)31-20-12-13-22-34(31)38-25-39(3)36(29-17-6-5-7-18-29)33-24-23-28-16-9-11-21-32(28)35(33)37/h4,8,11-12,14-15,17,20-21,23-24,26,31,34,36,38H,5-7,9-10,13,16,18-19,22,25,37H2,1-3H3/b14-4-. The highest BCUT2D eigenvalue weighted by atomic mass is 15.2. The summed E-state index contributed by atoms with van der Waals surface area (Å²) in [7, 11) is 2.29. The minimum atomic E-state index is 0.223. The molecule has 0 saturated carbocycles. The zero-order chi connectivity index (χ0) is 27.2. The van der Waals surface area contributed by atoms with Crippen molar-refractivity contribution in [2.75, 3.05) is 19.5 Å². The molecule has 0 saturated heterocycles. The molecule has 0 heterocycles. The molecular formula is C36H49N3. The van der Waals surface area contributed by atoms with Gasteiger partial charge in [-0.2, -0.15) is 0 Å². The van der Waals surface area contributed by atoms with Gasteiger partial charge in [-0.15, -0.1) is 0 Å². The third-order valence-corrected chi connectivity index (χ3v) is 9.48. The van der Waals surface area contributed by atoms with Crippen LogP contribution in [0.3, 0.4) is 0 Å². The Balaban J connectivity index is 1.37. The van der Waals surface area contributed by atoms with Crippen LogP contribution in [0, 0.1) is 11.8 Å². The molecule has 0 spiro atoms. The molecule has 39 heavy (non-hydrogen) atoms. The predicted molar refractivity (Wildman–Crippen MR) is 168 cm³/mol. The predicted octanol–water partition coefficient (Wildman–Crippen LogP) is 8.44. The van der Waals surface area contributed by atoms with E-state index in [1.165, 1.54) is 60.8 Å². The SMILES string of the molecule is C/C=C\C1=C(C(C)C2C=CCCC2NCN(C)C(C2=CCCCC2)c2ccc3c(c2N)C=CCC3)CCC=C1. The largest absolute Gasteiger partial charge is 0.398 e. The molecule has 4 unspecified atom stereocenters. The normalized spacial score (nSPS) is 24.8.